The number of carbonyl (C=O) groups is 2. The standard InChI is InChI=1S/C24H29BrN2O5/c1-4-32-23-16(25)12-15(13-19(23)30-3)21-20(24(29)27-8-10-31-11-9-27)14(2)26-17-6-5-7-18(28)22(17)21/h12-13,21,26H,4-11H2,1-3H3. The Kier molecular flexibility index (Phi) is 6.90. The fourth-order valence-corrected chi connectivity index (χ4v) is 5.30. The molecule has 1 aromatic carbocycles. The first-order chi connectivity index (χ1) is 15.5. The molecular formula is C24H29BrN2O5. The van der Waals surface area contributed by atoms with Crippen molar-refractivity contribution in [2.45, 2.75) is 39.0 Å². The number of halogens is 1. The number of ether oxygens (including phenoxy) is 3. The average molecular weight is 505 g/mol. The van der Waals surface area contributed by atoms with E-state index in [1.807, 2.05) is 30.9 Å². The van der Waals surface area contributed by atoms with Crippen LogP contribution in [0.25, 0.3) is 0 Å². The van der Waals surface area contributed by atoms with Gasteiger partial charge in [-0.05, 0) is 60.3 Å². The number of Topliss-reactive ketones (excluding diaryl/α,β-unsaturated/α-hetero) is 1. The molecule has 1 atom stereocenters. The Bertz CT molecular complexity index is 994. The van der Waals surface area contributed by atoms with Gasteiger partial charge in [0.2, 0.25) is 0 Å². The first kappa shape index (κ1) is 22.9. The second-order valence-corrected chi connectivity index (χ2v) is 8.99. The number of carbonyl (C=O) groups excluding carboxylic acids is 2. The van der Waals surface area contributed by atoms with E-state index in [-0.39, 0.29) is 11.7 Å². The third kappa shape index (κ3) is 4.18. The quantitative estimate of drug-likeness (QED) is 0.658. The fourth-order valence-electron chi connectivity index (χ4n) is 4.73. The van der Waals surface area contributed by atoms with E-state index in [0.29, 0.717) is 62.0 Å². The fraction of sp³-hybridized carbons (Fsp3) is 0.500. The van der Waals surface area contributed by atoms with Crippen molar-refractivity contribution in [1.29, 1.82) is 0 Å². The molecule has 32 heavy (non-hydrogen) atoms. The number of allylic oxidation sites excluding steroid dienone is 3. The largest absolute Gasteiger partial charge is 0.493 e. The molecule has 2 heterocycles. The van der Waals surface area contributed by atoms with Crippen molar-refractivity contribution in [3.8, 4) is 11.5 Å². The number of hydrogen-bond acceptors (Lipinski definition) is 6. The number of hydrogen-bond donors (Lipinski definition) is 1. The Labute approximate surface area is 196 Å². The molecule has 2 aliphatic heterocycles. The highest BCUT2D eigenvalue weighted by molar-refractivity contribution is 9.10. The van der Waals surface area contributed by atoms with Gasteiger partial charge in [0.15, 0.2) is 17.3 Å². The lowest BCUT2D eigenvalue weighted by atomic mass is 9.74. The van der Waals surface area contributed by atoms with Crippen LogP contribution < -0.4 is 14.8 Å². The summed E-state index contributed by atoms with van der Waals surface area (Å²) in [6, 6.07) is 3.83. The Hall–Kier alpha value is -2.32. The SMILES string of the molecule is CCOc1c(Br)cc(C2C(C(=O)N3CCOCC3)=C(C)NC3=C2C(=O)CCC3)cc1OC. The van der Waals surface area contributed by atoms with Gasteiger partial charge < -0.3 is 24.4 Å². The van der Waals surface area contributed by atoms with E-state index in [0.717, 1.165) is 34.3 Å². The monoisotopic (exact) mass is 504 g/mol. The number of nitrogens with one attached hydrogen (secondary N) is 1. The van der Waals surface area contributed by atoms with Crippen LogP contribution in [0.2, 0.25) is 0 Å². The van der Waals surface area contributed by atoms with Crippen molar-refractivity contribution in [2.24, 2.45) is 0 Å². The molecule has 7 nitrogen and oxygen atoms in total. The first-order valence-corrected chi connectivity index (χ1v) is 11.9. The van der Waals surface area contributed by atoms with Crippen LogP contribution >= 0.6 is 15.9 Å². The molecule has 8 heteroatoms. The number of methoxy groups -OCH3 is 1. The number of amides is 1. The maximum absolute atomic E-state index is 13.7. The maximum atomic E-state index is 13.7. The molecule has 1 fully saturated rings. The van der Waals surface area contributed by atoms with E-state index < -0.39 is 5.92 Å². The summed E-state index contributed by atoms with van der Waals surface area (Å²) in [7, 11) is 1.59. The summed E-state index contributed by atoms with van der Waals surface area (Å²) in [5.41, 5.74) is 3.85. The molecular weight excluding hydrogens is 476 g/mol. The van der Waals surface area contributed by atoms with Gasteiger partial charge >= 0.3 is 0 Å². The molecule has 1 aliphatic carbocycles. The Morgan fingerprint density at radius 3 is 2.72 bits per heavy atom. The summed E-state index contributed by atoms with van der Waals surface area (Å²) in [6.07, 6.45) is 2.10. The average Bonchev–Trinajstić information content (AvgIpc) is 2.79. The number of ketones is 1. The highest BCUT2D eigenvalue weighted by Crippen LogP contribution is 2.46. The Balaban J connectivity index is 1.86. The minimum Gasteiger partial charge on any atom is -0.493 e. The molecule has 3 aliphatic rings. The van der Waals surface area contributed by atoms with Crippen LogP contribution in [0.1, 0.15) is 44.6 Å². The molecule has 0 bridgehead atoms. The van der Waals surface area contributed by atoms with E-state index in [2.05, 4.69) is 21.2 Å². The third-order valence-corrected chi connectivity index (χ3v) is 6.77. The second-order valence-electron chi connectivity index (χ2n) is 8.14. The van der Waals surface area contributed by atoms with Crippen LogP contribution in [0.15, 0.2) is 39.1 Å². The van der Waals surface area contributed by atoms with E-state index in [9.17, 15) is 9.59 Å². The Morgan fingerprint density at radius 1 is 1.28 bits per heavy atom. The van der Waals surface area contributed by atoms with Crippen molar-refractivity contribution in [2.75, 3.05) is 40.0 Å². The molecule has 172 valence electrons. The lowest BCUT2D eigenvalue weighted by Gasteiger charge is -2.37. The van der Waals surface area contributed by atoms with Crippen LogP contribution in [0.4, 0.5) is 0 Å². The molecule has 0 radical (unpaired) electrons. The highest BCUT2D eigenvalue weighted by atomic mass is 79.9. The minimum absolute atomic E-state index is 0.0582. The second kappa shape index (κ2) is 9.67. The predicted molar refractivity (Wildman–Crippen MR) is 124 cm³/mol. The lowest BCUT2D eigenvalue weighted by Crippen LogP contribution is -2.44. The van der Waals surface area contributed by atoms with Crippen molar-refractivity contribution in [3.63, 3.8) is 0 Å². The van der Waals surface area contributed by atoms with Gasteiger partial charge in [0.1, 0.15) is 0 Å². The van der Waals surface area contributed by atoms with E-state index in [4.69, 9.17) is 14.2 Å². The van der Waals surface area contributed by atoms with Gasteiger partial charge in [-0.1, -0.05) is 0 Å². The van der Waals surface area contributed by atoms with E-state index >= 15 is 0 Å². The minimum atomic E-state index is -0.463. The van der Waals surface area contributed by atoms with Gasteiger partial charge in [-0.2, -0.15) is 0 Å². The van der Waals surface area contributed by atoms with E-state index in [1.54, 1.807) is 7.11 Å². The summed E-state index contributed by atoms with van der Waals surface area (Å²) >= 11 is 3.61. The Morgan fingerprint density at radius 2 is 2.03 bits per heavy atom. The summed E-state index contributed by atoms with van der Waals surface area (Å²) in [6.45, 7) is 6.45. The molecule has 1 unspecified atom stereocenters. The van der Waals surface area contributed by atoms with Gasteiger partial charge in [0, 0.05) is 48.0 Å². The first-order valence-electron chi connectivity index (χ1n) is 11.1. The van der Waals surface area contributed by atoms with Gasteiger partial charge in [0.05, 0.1) is 31.4 Å². The normalized spacial score (nSPS) is 21.3. The highest BCUT2D eigenvalue weighted by Gasteiger charge is 2.40. The molecule has 4 rings (SSSR count). The van der Waals surface area contributed by atoms with E-state index in [1.165, 1.54) is 0 Å². The van der Waals surface area contributed by atoms with Crippen molar-refractivity contribution in [1.82, 2.24) is 10.2 Å². The van der Waals surface area contributed by atoms with Crippen molar-refractivity contribution >= 4 is 27.6 Å². The topological polar surface area (TPSA) is 77.1 Å². The zero-order chi connectivity index (χ0) is 22.8. The zero-order valence-corrected chi connectivity index (χ0v) is 20.3. The summed E-state index contributed by atoms with van der Waals surface area (Å²) in [4.78, 5) is 28.7. The molecule has 0 saturated carbocycles. The summed E-state index contributed by atoms with van der Waals surface area (Å²) in [5.74, 6) is 0.745. The van der Waals surface area contributed by atoms with Gasteiger partial charge in [0.25, 0.3) is 5.91 Å². The number of nitrogens with zero attached hydrogens (tertiary/aromatic N) is 1. The molecule has 1 aromatic rings. The van der Waals surface area contributed by atoms with Crippen molar-refractivity contribution in [3.05, 3.63) is 44.7 Å². The number of rotatable bonds is 5. The molecule has 0 aromatic heterocycles. The number of morpholine rings is 1. The molecule has 1 N–H and O–H groups in total. The predicted octanol–water partition coefficient (Wildman–Crippen LogP) is 3.68. The molecule has 0 spiro atoms. The zero-order valence-electron chi connectivity index (χ0n) is 18.8. The van der Waals surface area contributed by atoms with Crippen LogP contribution in [0, 0.1) is 0 Å². The van der Waals surface area contributed by atoms with Crippen LogP contribution in [0.3, 0.4) is 0 Å². The molecule has 1 saturated heterocycles. The van der Waals surface area contributed by atoms with Crippen LogP contribution in [0.5, 0.6) is 11.5 Å². The van der Waals surface area contributed by atoms with Gasteiger partial charge in [-0.3, -0.25) is 9.59 Å². The summed E-state index contributed by atoms with van der Waals surface area (Å²) in [5, 5.41) is 3.39. The van der Waals surface area contributed by atoms with Gasteiger partial charge in [-0.25, -0.2) is 0 Å². The maximum Gasteiger partial charge on any atom is 0.252 e. The number of dihydropyridines is 1. The lowest BCUT2D eigenvalue weighted by molar-refractivity contribution is -0.131. The number of benzene rings is 1. The van der Waals surface area contributed by atoms with Gasteiger partial charge in [-0.15, -0.1) is 0 Å². The van der Waals surface area contributed by atoms with Crippen molar-refractivity contribution < 1.29 is 23.8 Å². The third-order valence-electron chi connectivity index (χ3n) is 6.18. The van der Waals surface area contributed by atoms with Crippen LogP contribution in [-0.2, 0) is 14.3 Å². The smallest absolute Gasteiger partial charge is 0.252 e. The summed E-state index contributed by atoms with van der Waals surface area (Å²) < 4.78 is 17.5. The van der Waals surface area contributed by atoms with Crippen LogP contribution in [-0.4, -0.2) is 56.6 Å². The molecule has 1 amide bonds.